The number of halogens is 1. The van der Waals surface area contributed by atoms with Crippen molar-refractivity contribution in [1.82, 2.24) is 4.90 Å². The Labute approximate surface area is 235 Å². The molecule has 13 nitrogen and oxygen atoms in total. The molecule has 0 aromatic heterocycles. The van der Waals surface area contributed by atoms with Gasteiger partial charge in [-0.25, -0.2) is 0 Å². The average molecular weight is 603 g/mol. The van der Waals surface area contributed by atoms with Gasteiger partial charge < -0.3 is 9.84 Å². The molecule has 0 aliphatic heterocycles. The molecule has 1 N–H and O–H groups in total. The number of carboxylic acids is 1. The Hall–Kier alpha value is -3.02. The Morgan fingerprint density at radius 2 is 1.37 bits per heavy atom. The Kier molecular flexibility index (Phi) is 35.4. The standard InChI is InChI=1S/C8H12N4O2.C8H19N.C6H11N3O2.C2H2BrN/c1-7(3-2-5-11-12-10)8(13)14-6-4-9;1-6-9(7(2)3)8(4)5;1-5(6(10)11)3-2-4-8-9-7;3-1-2-4/h7H,2-3,5-6H2,1H3;7-8H,6H2,1-5H3;5H,2-4H2,1H3,(H,10,11);1H2/t7-;;5-;/m0.0./s1. The van der Waals surface area contributed by atoms with E-state index in [1.807, 2.05) is 6.07 Å². The predicted molar refractivity (Wildman–Crippen MR) is 151 cm³/mol. The van der Waals surface area contributed by atoms with E-state index in [9.17, 15) is 9.59 Å². The second-order valence-corrected chi connectivity index (χ2v) is 8.97. The number of carbonyl (C=O) groups is 2. The van der Waals surface area contributed by atoms with E-state index in [-0.39, 0.29) is 24.4 Å². The SMILES string of the molecule is CCN(C(C)C)C(C)C.C[C@@H](CCCN=[N+]=[N-])C(=O)O.C[C@@H](CCCN=[N+]=[N-])C(=O)OCC#N.N#CCBr. The van der Waals surface area contributed by atoms with Gasteiger partial charge in [0.1, 0.15) is 6.07 Å². The van der Waals surface area contributed by atoms with Gasteiger partial charge in [-0.05, 0) is 71.0 Å². The maximum atomic E-state index is 11.1. The van der Waals surface area contributed by atoms with Crippen LogP contribution in [0.25, 0.3) is 20.9 Å². The summed E-state index contributed by atoms with van der Waals surface area (Å²) in [7, 11) is 0. The molecule has 0 rings (SSSR count). The summed E-state index contributed by atoms with van der Waals surface area (Å²) < 4.78 is 4.61. The number of carboxylic acid groups (broad SMARTS) is 1. The van der Waals surface area contributed by atoms with Crippen molar-refractivity contribution in [2.24, 2.45) is 22.1 Å². The lowest BCUT2D eigenvalue weighted by atomic mass is 10.1. The molecule has 0 bridgehead atoms. The summed E-state index contributed by atoms with van der Waals surface area (Å²) in [5.41, 5.74) is 15.9. The second kappa shape index (κ2) is 32.0. The van der Waals surface area contributed by atoms with E-state index in [4.69, 9.17) is 26.7 Å². The molecule has 0 amide bonds. The van der Waals surface area contributed by atoms with Crippen molar-refractivity contribution in [3.63, 3.8) is 0 Å². The fraction of sp³-hybridized carbons (Fsp3) is 0.833. The number of carbonyl (C=O) groups excluding carboxylic acids is 1. The van der Waals surface area contributed by atoms with Crippen molar-refractivity contribution in [2.45, 2.75) is 86.2 Å². The molecule has 0 fully saturated rings. The predicted octanol–water partition coefficient (Wildman–Crippen LogP) is 6.61. The number of alkyl halides is 1. The molecule has 2 atom stereocenters. The van der Waals surface area contributed by atoms with Gasteiger partial charge in [0.15, 0.2) is 6.61 Å². The third-order valence-electron chi connectivity index (χ3n) is 4.77. The van der Waals surface area contributed by atoms with Crippen LogP contribution in [0.5, 0.6) is 0 Å². The van der Waals surface area contributed by atoms with Gasteiger partial charge in [0.2, 0.25) is 0 Å². The summed E-state index contributed by atoms with van der Waals surface area (Å²) in [5, 5.41) is 31.2. The first kappa shape index (κ1) is 42.1. The summed E-state index contributed by atoms with van der Waals surface area (Å²) in [6.07, 6.45) is 2.45. The Morgan fingerprint density at radius 3 is 1.63 bits per heavy atom. The summed E-state index contributed by atoms with van der Waals surface area (Å²) in [6, 6.07) is 4.95. The monoisotopic (exact) mass is 601 g/mol. The molecule has 0 aliphatic carbocycles. The van der Waals surface area contributed by atoms with Crippen LogP contribution >= 0.6 is 15.9 Å². The zero-order chi connectivity index (χ0) is 30.4. The number of nitrogens with zero attached hydrogens (tertiary/aromatic N) is 9. The van der Waals surface area contributed by atoms with Crippen molar-refractivity contribution in [1.29, 1.82) is 10.5 Å². The molecule has 0 saturated heterocycles. The van der Waals surface area contributed by atoms with Gasteiger partial charge in [0.05, 0.1) is 23.2 Å². The van der Waals surface area contributed by atoms with Crippen LogP contribution < -0.4 is 0 Å². The highest BCUT2D eigenvalue weighted by Gasteiger charge is 2.13. The molecule has 0 saturated carbocycles. The van der Waals surface area contributed by atoms with E-state index in [1.54, 1.807) is 19.9 Å². The number of aliphatic carboxylic acids is 1. The second-order valence-electron chi connectivity index (χ2n) is 8.41. The molecular formula is C24H44BrN9O4. The maximum Gasteiger partial charge on any atom is 0.309 e. The van der Waals surface area contributed by atoms with Gasteiger partial charge in [-0.15, -0.1) is 0 Å². The number of azide groups is 2. The number of hydrogen-bond donors (Lipinski definition) is 1. The first-order chi connectivity index (χ1) is 17.9. The lowest BCUT2D eigenvalue weighted by Crippen LogP contribution is -2.36. The van der Waals surface area contributed by atoms with Crippen molar-refractivity contribution in [3.8, 4) is 12.1 Å². The third kappa shape index (κ3) is 33.0. The first-order valence-electron chi connectivity index (χ1n) is 12.4. The fourth-order valence-corrected chi connectivity index (χ4v) is 2.84. The van der Waals surface area contributed by atoms with E-state index in [0.717, 1.165) is 6.54 Å². The van der Waals surface area contributed by atoms with Crippen molar-refractivity contribution in [2.75, 3.05) is 31.6 Å². The summed E-state index contributed by atoms with van der Waals surface area (Å²) in [4.78, 5) is 29.0. The number of hydrogen-bond acceptors (Lipinski definition) is 8. The minimum atomic E-state index is -0.800. The quantitative estimate of drug-likeness (QED) is 0.0573. The zero-order valence-electron chi connectivity index (χ0n) is 23.7. The van der Waals surface area contributed by atoms with Crippen LogP contribution in [0.3, 0.4) is 0 Å². The fourth-order valence-electron chi connectivity index (χ4n) is 2.84. The van der Waals surface area contributed by atoms with Crippen LogP contribution in [0, 0.1) is 34.5 Å². The normalized spacial score (nSPS) is 10.8. The molecule has 0 unspecified atom stereocenters. The molecule has 0 spiro atoms. The molecule has 0 aliphatic rings. The van der Waals surface area contributed by atoms with Crippen LogP contribution in [-0.4, -0.2) is 65.6 Å². The summed E-state index contributed by atoms with van der Waals surface area (Å²) >= 11 is 2.89. The minimum absolute atomic E-state index is 0.209. The zero-order valence-corrected chi connectivity index (χ0v) is 25.3. The van der Waals surface area contributed by atoms with E-state index in [1.165, 1.54) is 0 Å². The average Bonchev–Trinajstić information content (AvgIpc) is 2.88. The lowest BCUT2D eigenvalue weighted by molar-refractivity contribution is -0.146. The molecule has 38 heavy (non-hydrogen) atoms. The Morgan fingerprint density at radius 1 is 0.947 bits per heavy atom. The van der Waals surface area contributed by atoms with Crippen LogP contribution in [-0.2, 0) is 14.3 Å². The number of ether oxygens (including phenoxy) is 1. The highest BCUT2D eigenvalue weighted by atomic mass is 79.9. The topological polar surface area (TPSA) is 212 Å². The van der Waals surface area contributed by atoms with Gasteiger partial charge in [-0.2, -0.15) is 10.5 Å². The van der Waals surface area contributed by atoms with E-state index >= 15 is 0 Å². The van der Waals surface area contributed by atoms with Crippen molar-refractivity contribution >= 4 is 27.9 Å². The van der Waals surface area contributed by atoms with Gasteiger partial charge in [0, 0.05) is 35.0 Å². The van der Waals surface area contributed by atoms with Crippen LogP contribution in [0.4, 0.5) is 0 Å². The molecule has 0 aromatic rings. The largest absolute Gasteiger partial charge is 0.481 e. The molecular weight excluding hydrogens is 558 g/mol. The van der Waals surface area contributed by atoms with Gasteiger partial charge >= 0.3 is 11.9 Å². The molecule has 216 valence electrons. The highest BCUT2D eigenvalue weighted by Crippen LogP contribution is 2.08. The van der Waals surface area contributed by atoms with E-state index < -0.39 is 5.97 Å². The van der Waals surface area contributed by atoms with E-state index in [2.05, 4.69) is 80.2 Å². The molecule has 14 heteroatoms. The van der Waals surface area contributed by atoms with Gasteiger partial charge in [-0.1, -0.05) is 46.9 Å². The lowest BCUT2D eigenvalue weighted by Gasteiger charge is -2.28. The number of rotatable bonds is 14. The maximum absolute atomic E-state index is 11.1. The number of nitriles is 2. The first-order valence-corrected chi connectivity index (χ1v) is 13.5. The molecule has 0 radical (unpaired) electrons. The highest BCUT2D eigenvalue weighted by molar-refractivity contribution is 9.09. The van der Waals surface area contributed by atoms with Crippen LogP contribution in [0.2, 0.25) is 0 Å². The smallest absolute Gasteiger partial charge is 0.309 e. The summed E-state index contributed by atoms with van der Waals surface area (Å²) in [6.45, 7) is 16.2. The third-order valence-corrected chi connectivity index (χ3v) is 5.02. The Balaban J connectivity index is -0.000000217. The minimum Gasteiger partial charge on any atom is -0.481 e. The van der Waals surface area contributed by atoms with E-state index in [0.29, 0.717) is 56.2 Å². The molecule has 0 aromatic carbocycles. The van der Waals surface area contributed by atoms with Gasteiger partial charge in [-0.3, -0.25) is 14.5 Å². The van der Waals surface area contributed by atoms with Crippen molar-refractivity contribution in [3.05, 3.63) is 20.9 Å². The number of esters is 1. The van der Waals surface area contributed by atoms with Gasteiger partial charge in [0.25, 0.3) is 0 Å². The van der Waals surface area contributed by atoms with Crippen LogP contribution in [0.15, 0.2) is 10.2 Å². The summed E-state index contributed by atoms with van der Waals surface area (Å²) in [5.74, 6) is -1.78. The Bertz CT molecular complexity index is 777. The molecule has 0 heterocycles. The van der Waals surface area contributed by atoms with Crippen LogP contribution in [0.1, 0.15) is 74.1 Å². The van der Waals surface area contributed by atoms with Crippen molar-refractivity contribution < 1.29 is 19.4 Å².